The van der Waals surface area contributed by atoms with Gasteiger partial charge in [-0.25, -0.2) is 13.3 Å². The summed E-state index contributed by atoms with van der Waals surface area (Å²) in [5, 5.41) is 9.98. The zero-order chi connectivity index (χ0) is 25.4. The molecule has 1 aliphatic heterocycles. The molecule has 1 aliphatic rings. The minimum Gasteiger partial charge on any atom is -0.507 e. The van der Waals surface area contributed by atoms with Gasteiger partial charge in [0.05, 0.1) is 37.4 Å². The number of aromatic amines is 1. The Balaban J connectivity index is 1.87. The molecule has 0 aliphatic carbocycles. The molecule has 1 fully saturated rings. The van der Waals surface area contributed by atoms with Crippen LogP contribution < -0.4 is 10.3 Å². The Morgan fingerprint density at radius 2 is 1.85 bits per heavy atom. The Hall–Kier alpha value is -1.65. The molecule has 2 aromatic rings. The molecule has 0 bridgehead atoms. The average Bonchev–Trinajstić information content (AvgIpc) is 2.77. The summed E-state index contributed by atoms with van der Waals surface area (Å²) in [6.07, 6.45) is 2.17. The lowest BCUT2D eigenvalue weighted by Crippen LogP contribution is -2.44. The number of likely N-dealkylation sites (tertiary alicyclic amines) is 1. The largest absolute Gasteiger partial charge is 0.507 e. The lowest BCUT2D eigenvalue weighted by Gasteiger charge is -2.37. The summed E-state index contributed by atoms with van der Waals surface area (Å²) in [6.45, 7) is 5.97. The number of phenolic OH excluding ortho intramolecular Hbond substituents is 1. The maximum Gasteiger partial charge on any atom is 0.266 e. The van der Waals surface area contributed by atoms with Crippen LogP contribution in [0.15, 0.2) is 23.1 Å². The third kappa shape index (κ3) is 5.76. The summed E-state index contributed by atoms with van der Waals surface area (Å²) in [7, 11) is -1.58. The summed E-state index contributed by atoms with van der Waals surface area (Å²) in [6, 6.07) is 1.64. The van der Waals surface area contributed by atoms with Crippen LogP contribution in [0.5, 0.6) is 5.75 Å². The van der Waals surface area contributed by atoms with Crippen molar-refractivity contribution in [3.05, 3.63) is 60.7 Å². The van der Waals surface area contributed by atoms with Crippen LogP contribution in [0.2, 0.25) is 15.1 Å². The summed E-state index contributed by atoms with van der Waals surface area (Å²) < 4.78 is 30.4. The fourth-order valence-corrected chi connectivity index (χ4v) is 5.18. The van der Waals surface area contributed by atoms with E-state index in [-0.39, 0.29) is 38.0 Å². The molecule has 0 saturated carbocycles. The summed E-state index contributed by atoms with van der Waals surface area (Å²) in [4.78, 5) is 28.4. The lowest BCUT2D eigenvalue weighted by atomic mass is 9.85. The van der Waals surface area contributed by atoms with E-state index in [1.54, 1.807) is 25.7 Å². The Morgan fingerprint density at radius 3 is 2.41 bits per heavy atom. The van der Waals surface area contributed by atoms with Crippen molar-refractivity contribution in [1.29, 1.82) is 0 Å². The van der Waals surface area contributed by atoms with Gasteiger partial charge in [0, 0.05) is 30.9 Å². The fraction of sp³-hybridized carbons (Fsp3) is 0.455. The maximum atomic E-state index is 15.2. The predicted octanol–water partition coefficient (Wildman–Crippen LogP) is 4.83. The van der Waals surface area contributed by atoms with E-state index in [0.29, 0.717) is 25.9 Å². The standard InChI is InChI=1S/C22H25Cl3FN3O4S/c1-22(2,3)34(33)28-19(16-15(30)9-13(23)17(25)18(16)26)11-4-6-29(7-5-11)21(32)12-8-14(24)20(31)27-10-12/h8-11,19,28,30H,4-7H2,1-3H3,(H,27,31)/t19-,34+/m1/s1. The second-order valence-corrected chi connectivity index (χ2v) is 12.3. The molecule has 1 amide bonds. The van der Waals surface area contributed by atoms with Gasteiger partial charge in [-0.1, -0.05) is 34.8 Å². The highest BCUT2D eigenvalue weighted by Gasteiger charge is 2.36. The number of aromatic hydroxyl groups is 1. The van der Waals surface area contributed by atoms with Gasteiger partial charge in [-0.05, 0) is 45.6 Å². The van der Waals surface area contributed by atoms with Crippen molar-refractivity contribution in [2.24, 2.45) is 5.92 Å². The normalized spacial score (nSPS) is 17.0. The van der Waals surface area contributed by atoms with Gasteiger partial charge in [0.2, 0.25) is 0 Å². The first-order valence-corrected chi connectivity index (χ1v) is 12.8. The maximum absolute atomic E-state index is 15.2. The van der Waals surface area contributed by atoms with E-state index < -0.39 is 38.9 Å². The van der Waals surface area contributed by atoms with Crippen molar-refractivity contribution in [2.75, 3.05) is 13.1 Å². The zero-order valence-electron chi connectivity index (χ0n) is 18.8. The van der Waals surface area contributed by atoms with Crippen LogP contribution >= 0.6 is 34.8 Å². The van der Waals surface area contributed by atoms with E-state index in [0.717, 1.165) is 6.07 Å². The van der Waals surface area contributed by atoms with Crippen LogP contribution in [-0.2, 0) is 11.0 Å². The molecular weight excluding hydrogens is 528 g/mol. The Labute approximate surface area is 214 Å². The number of nitrogens with one attached hydrogen (secondary N) is 2. The quantitative estimate of drug-likeness (QED) is 0.463. The van der Waals surface area contributed by atoms with Crippen molar-refractivity contribution in [3.63, 3.8) is 0 Å². The van der Waals surface area contributed by atoms with Gasteiger partial charge < -0.3 is 15.0 Å². The van der Waals surface area contributed by atoms with Crippen LogP contribution in [0, 0.1) is 11.7 Å². The number of pyridine rings is 1. The molecule has 1 aromatic heterocycles. The van der Waals surface area contributed by atoms with Crippen LogP contribution in [0.3, 0.4) is 0 Å². The molecule has 0 spiro atoms. The van der Waals surface area contributed by atoms with Crippen LogP contribution in [0.1, 0.15) is 55.6 Å². The van der Waals surface area contributed by atoms with Gasteiger partial charge >= 0.3 is 0 Å². The number of amides is 1. The SMILES string of the molecule is CC(C)(C)[S@](=O)N[C@@H](c1c(O)cc(Cl)c(Cl)c1F)C1CCN(C(=O)c2c[nH]c(=O)c(Cl)c2)CC1. The smallest absolute Gasteiger partial charge is 0.266 e. The molecule has 1 saturated heterocycles. The third-order valence-corrected chi connectivity index (χ3v) is 8.31. The first-order valence-electron chi connectivity index (χ1n) is 10.5. The van der Waals surface area contributed by atoms with Crippen molar-refractivity contribution in [2.45, 2.75) is 44.4 Å². The predicted molar refractivity (Wildman–Crippen MR) is 133 cm³/mol. The summed E-state index contributed by atoms with van der Waals surface area (Å²) >= 11 is 17.8. The fourth-order valence-electron chi connectivity index (χ4n) is 3.77. The van der Waals surface area contributed by atoms with E-state index in [1.807, 2.05) is 0 Å². The monoisotopic (exact) mass is 551 g/mol. The number of hydrogen-bond donors (Lipinski definition) is 3. The minimum atomic E-state index is -1.58. The number of carbonyl (C=O) groups excluding carboxylic acids is 1. The number of benzene rings is 1. The number of carbonyl (C=O) groups is 1. The molecule has 186 valence electrons. The van der Waals surface area contributed by atoms with Gasteiger partial charge in [0.25, 0.3) is 11.5 Å². The highest BCUT2D eigenvalue weighted by atomic mass is 35.5. The number of H-pyrrole nitrogens is 1. The average molecular weight is 553 g/mol. The molecular formula is C22H25Cl3FN3O4S. The number of aromatic nitrogens is 1. The number of halogens is 4. The highest BCUT2D eigenvalue weighted by molar-refractivity contribution is 7.84. The zero-order valence-corrected chi connectivity index (χ0v) is 21.8. The molecule has 7 nitrogen and oxygen atoms in total. The molecule has 2 heterocycles. The molecule has 12 heteroatoms. The highest BCUT2D eigenvalue weighted by Crippen LogP contribution is 2.42. The molecule has 0 radical (unpaired) electrons. The van der Waals surface area contributed by atoms with Crippen LogP contribution in [0.25, 0.3) is 0 Å². The minimum absolute atomic E-state index is 0.0831. The van der Waals surface area contributed by atoms with E-state index in [4.69, 9.17) is 34.8 Å². The molecule has 34 heavy (non-hydrogen) atoms. The van der Waals surface area contributed by atoms with Crippen molar-refractivity contribution < 1.29 is 18.5 Å². The number of hydrogen-bond acceptors (Lipinski definition) is 4. The van der Waals surface area contributed by atoms with Crippen molar-refractivity contribution >= 4 is 51.7 Å². The molecule has 0 unspecified atom stereocenters. The van der Waals surface area contributed by atoms with Crippen molar-refractivity contribution in [1.82, 2.24) is 14.6 Å². The number of phenols is 1. The van der Waals surface area contributed by atoms with Crippen LogP contribution in [-0.4, -0.2) is 42.9 Å². The molecule has 1 aromatic carbocycles. The number of nitrogens with zero attached hydrogens (tertiary/aromatic N) is 1. The van der Waals surface area contributed by atoms with Gasteiger partial charge in [-0.2, -0.15) is 0 Å². The first kappa shape index (κ1) is 26.9. The first-order chi connectivity index (χ1) is 15.8. The molecule has 2 atom stereocenters. The lowest BCUT2D eigenvalue weighted by molar-refractivity contribution is 0.0673. The van der Waals surface area contributed by atoms with E-state index >= 15 is 4.39 Å². The van der Waals surface area contributed by atoms with Gasteiger partial charge in [0.1, 0.15) is 10.8 Å². The van der Waals surface area contributed by atoms with Gasteiger partial charge in [-0.15, -0.1) is 0 Å². The Morgan fingerprint density at radius 1 is 1.24 bits per heavy atom. The van der Waals surface area contributed by atoms with Gasteiger partial charge in [-0.3, -0.25) is 9.59 Å². The summed E-state index contributed by atoms with van der Waals surface area (Å²) in [5.41, 5.74) is -0.343. The second-order valence-electron chi connectivity index (χ2n) is 9.09. The van der Waals surface area contributed by atoms with E-state index in [1.165, 1.54) is 12.3 Å². The van der Waals surface area contributed by atoms with E-state index in [9.17, 15) is 18.9 Å². The van der Waals surface area contributed by atoms with Crippen LogP contribution in [0.4, 0.5) is 4.39 Å². The second kappa shape index (κ2) is 10.5. The van der Waals surface area contributed by atoms with E-state index in [2.05, 4.69) is 9.71 Å². The Kier molecular flexibility index (Phi) is 8.35. The number of rotatable bonds is 5. The van der Waals surface area contributed by atoms with Gasteiger partial charge in [0.15, 0.2) is 5.82 Å². The summed E-state index contributed by atoms with van der Waals surface area (Å²) in [5.74, 6) is -1.84. The molecule has 3 rings (SSSR count). The Bertz CT molecular complexity index is 1180. The third-order valence-electron chi connectivity index (χ3n) is 5.68. The number of piperidine rings is 1. The topological polar surface area (TPSA) is 102 Å². The van der Waals surface area contributed by atoms with Crippen molar-refractivity contribution in [3.8, 4) is 5.75 Å². The molecule has 3 N–H and O–H groups in total.